The third kappa shape index (κ3) is 2.86. The molecule has 0 aliphatic carbocycles. The predicted molar refractivity (Wildman–Crippen MR) is 66.7 cm³/mol. The first-order valence-corrected chi connectivity index (χ1v) is 5.84. The van der Waals surface area contributed by atoms with Crippen molar-refractivity contribution < 1.29 is 0 Å². The normalized spacial score (nSPS) is 10.6. The Hall–Kier alpha value is -1.28. The second-order valence-electron chi connectivity index (χ2n) is 3.96. The number of halogens is 1. The number of imidazole rings is 1. The van der Waals surface area contributed by atoms with E-state index in [1.807, 2.05) is 24.7 Å². The highest BCUT2D eigenvalue weighted by molar-refractivity contribution is 6.30. The largest absolute Gasteiger partial charge is 0.335 e. The number of aromatic nitrogens is 2. The van der Waals surface area contributed by atoms with Gasteiger partial charge in [-0.1, -0.05) is 23.7 Å². The summed E-state index contributed by atoms with van der Waals surface area (Å²) in [5.74, 6) is 0. The molecule has 0 spiro atoms. The quantitative estimate of drug-likeness (QED) is 0.792. The second-order valence-corrected chi connectivity index (χ2v) is 4.39. The maximum atomic E-state index is 5.84. The Kier molecular flexibility index (Phi) is 3.62. The summed E-state index contributed by atoms with van der Waals surface area (Å²) in [7, 11) is 0. The molecule has 0 atom stereocenters. The molecule has 84 valence electrons. The Balaban J connectivity index is 1.84. The molecular weight excluding hydrogens is 220 g/mol. The molecule has 1 aromatic heterocycles. The molecule has 0 saturated carbocycles. The van der Waals surface area contributed by atoms with Crippen molar-refractivity contribution in [3.8, 4) is 0 Å². The zero-order chi connectivity index (χ0) is 11.4. The zero-order valence-electron chi connectivity index (χ0n) is 9.36. The molecular formula is C13H15ClN2. The van der Waals surface area contributed by atoms with Gasteiger partial charge in [0.2, 0.25) is 0 Å². The minimum atomic E-state index is 0.800. The van der Waals surface area contributed by atoms with Crippen LogP contribution in [0.1, 0.15) is 17.7 Å². The third-order valence-corrected chi connectivity index (χ3v) is 2.95. The van der Waals surface area contributed by atoms with Crippen molar-refractivity contribution in [3.63, 3.8) is 0 Å². The number of hydrogen-bond acceptors (Lipinski definition) is 1. The van der Waals surface area contributed by atoms with Crippen LogP contribution in [0.5, 0.6) is 0 Å². The summed E-state index contributed by atoms with van der Waals surface area (Å²) >= 11 is 5.84. The minimum absolute atomic E-state index is 0.800. The lowest BCUT2D eigenvalue weighted by molar-refractivity contribution is 0.629. The van der Waals surface area contributed by atoms with Crippen molar-refractivity contribution in [2.24, 2.45) is 0 Å². The first-order valence-electron chi connectivity index (χ1n) is 5.47. The highest BCUT2D eigenvalue weighted by Crippen LogP contribution is 2.11. The van der Waals surface area contributed by atoms with E-state index in [1.54, 1.807) is 0 Å². The van der Waals surface area contributed by atoms with Crippen LogP contribution in [0.25, 0.3) is 0 Å². The van der Waals surface area contributed by atoms with Crippen molar-refractivity contribution in [1.29, 1.82) is 0 Å². The number of hydrogen-bond donors (Lipinski definition) is 0. The van der Waals surface area contributed by atoms with Crippen molar-refractivity contribution in [2.45, 2.75) is 26.3 Å². The van der Waals surface area contributed by atoms with Crippen molar-refractivity contribution in [1.82, 2.24) is 9.55 Å². The van der Waals surface area contributed by atoms with Crippen LogP contribution in [0.2, 0.25) is 5.02 Å². The van der Waals surface area contributed by atoms with Gasteiger partial charge in [-0.25, -0.2) is 4.98 Å². The van der Waals surface area contributed by atoms with Gasteiger partial charge in [0.05, 0.1) is 6.33 Å². The number of aryl methyl sites for hydroxylation is 3. The van der Waals surface area contributed by atoms with E-state index < -0.39 is 0 Å². The topological polar surface area (TPSA) is 17.8 Å². The lowest BCUT2D eigenvalue weighted by atomic mass is 10.1. The lowest BCUT2D eigenvalue weighted by Crippen LogP contribution is -1.99. The van der Waals surface area contributed by atoms with E-state index in [0.717, 1.165) is 24.4 Å². The van der Waals surface area contributed by atoms with Crippen LogP contribution in [-0.4, -0.2) is 9.55 Å². The van der Waals surface area contributed by atoms with E-state index in [1.165, 1.54) is 11.3 Å². The van der Waals surface area contributed by atoms with E-state index in [0.29, 0.717) is 0 Å². The van der Waals surface area contributed by atoms with Crippen LogP contribution in [0.4, 0.5) is 0 Å². The third-order valence-electron chi connectivity index (χ3n) is 2.70. The van der Waals surface area contributed by atoms with Gasteiger partial charge < -0.3 is 4.57 Å². The molecule has 0 saturated heterocycles. The minimum Gasteiger partial charge on any atom is -0.335 e. The van der Waals surface area contributed by atoms with Gasteiger partial charge >= 0.3 is 0 Å². The summed E-state index contributed by atoms with van der Waals surface area (Å²) in [4.78, 5) is 4.10. The van der Waals surface area contributed by atoms with Gasteiger partial charge in [0.15, 0.2) is 0 Å². The maximum Gasteiger partial charge on any atom is 0.0948 e. The van der Waals surface area contributed by atoms with E-state index in [2.05, 4.69) is 28.6 Å². The van der Waals surface area contributed by atoms with Gasteiger partial charge in [0, 0.05) is 23.5 Å². The highest BCUT2D eigenvalue weighted by atomic mass is 35.5. The summed E-state index contributed by atoms with van der Waals surface area (Å²) < 4.78 is 2.18. The average Bonchev–Trinajstić information content (AvgIpc) is 2.68. The van der Waals surface area contributed by atoms with E-state index in [4.69, 9.17) is 11.6 Å². The molecule has 1 aromatic carbocycles. The molecule has 0 amide bonds. The standard InChI is InChI=1S/C13H15ClN2/c1-11-9-15-10-16(11)8-2-3-12-4-6-13(14)7-5-12/h4-7,9-10H,2-3,8H2,1H3. The fourth-order valence-electron chi connectivity index (χ4n) is 1.73. The van der Waals surface area contributed by atoms with E-state index in [9.17, 15) is 0 Å². The van der Waals surface area contributed by atoms with Gasteiger partial charge in [-0.2, -0.15) is 0 Å². The molecule has 2 nitrogen and oxygen atoms in total. The highest BCUT2D eigenvalue weighted by Gasteiger charge is 1.97. The van der Waals surface area contributed by atoms with Crippen LogP contribution in [0, 0.1) is 6.92 Å². The number of rotatable bonds is 4. The van der Waals surface area contributed by atoms with Crippen LogP contribution in [-0.2, 0) is 13.0 Å². The predicted octanol–water partition coefficient (Wildman–Crippen LogP) is 3.48. The smallest absolute Gasteiger partial charge is 0.0948 e. The van der Waals surface area contributed by atoms with Gasteiger partial charge in [0.25, 0.3) is 0 Å². The maximum absolute atomic E-state index is 5.84. The SMILES string of the molecule is Cc1cncn1CCCc1ccc(Cl)cc1. The Morgan fingerprint density at radius 3 is 2.62 bits per heavy atom. The van der Waals surface area contributed by atoms with Gasteiger partial charge in [-0.3, -0.25) is 0 Å². The summed E-state index contributed by atoms with van der Waals surface area (Å²) in [5, 5.41) is 0.800. The van der Waals surface area contributed by atoms with Crippen molar-refractivity contribution in [2.75, 3.05) is 0 Å². The molecule has 16 heavy (non-hydrogen) atoms. The molecule has 0 unspecified atom stereocenters. The summed E-state index contributed by atoms with van der Waals surface area (Å²) in [6.45, 7) is 3.10. The van der Waals surface area contributed by atoms with Gasteiger partial charge in [-0.05, 0) is 37.5 Å². The van der Waals surface area contributed by atoms with Gasteiger partial charge in [-0.15, -0.1) is 0 Å². The number of nitrogens with zero attached hydrogens (tertiary/aromatic N) is 2. The summed E-state index contributed by atoms with van der Waals surface area (Å²) in [6, 6.07) is 8.06. The zero-order valence-corrected chi connectivity index (χ0v) is 10.1. The fourth-order valence-corrected chi connectivity index (χ4v) is 1.85. The lowest BCUT2D eigenvalue weighted by Gasteiger charge is -2.05. The first-order chi connectivity index (χ1) is 7.75. The van der Waals surface area contributed by atoms with Crippen LogP contribution in [0.3, 0.4) is 0 Å². The van der Waals surface area contributed by atoms with Crippen LogP contribution in [0.15, 0.2) is 36.8 Å². The van der Waals surface area contributed by atoms with E-state index in [-0.39, 0.29) is 0 Å². The van der Waals surface area contributed by atoms with Crippen LogP contribution >= 0.6 is 11.6 Å². The molecule has 2 aromatic rings. The van der Waals surface area contributed by atoms with Crippen molar-refractivity contribution >= 4 is 11.6 Å². The number of benzene rings is 1. The molecule has 0 aliphatic heterocycles. The molecule has 2 rings (SSSR count). The second kappa shape index (κ2) is 5.17. The Labute approximate surface area is 101 Å². The summed E-state index contributed by atoms with van der Waals surface area (Å²) in [5.41, 5.74) is 2.55. The molecule has 0 aliphatic rings. The molecule has 0 bridgehead atoms. The Bertz CT molecular complexity index is 445. The molecule has 0 fully saturated rings. The Morgan fingerprint density at radius 2 is 2.00 bits per heavy atom. The molecule has 0 N–H and O–H groups in total. The van der Waals surface area contributed by atoms with Gasteiger partial charge in [0.1, 0.15) is 0 Å². The monoisotopic (exact) mass is 234 g/mol. The summed E-state index contributed by atoms with van der Waals surface area (Å²) in [6.07, 6.45) is 5.98. The first kappa shape index (κ1) is 11.2. The van der Waals surface area contributed by atoms with Crippen molar-refractivity contribution in [3.05, 3.63) is 53.1 Å². The average molecular weight is 235 g/mol. The molecule has 1 heterocycles. The van der Waals surface area contributed by atoms with Crippen LogP contribution < -0.4 is 0 Å². The molecule has 3 heteroatoms. The van der Waals surface area contributed by atoms with E-state index >= 15 is 0 Å². The fraction of sp³-hybridized carbons (Fsp3) is 0.308. The molecule has 0 radical (unpaired) electrons. The Morgan fingerprint density at radius 1 is 1.25 bits per heavy atom.